The van der Waals surface area contributed by atoms with Crippen molar-refractivity contribution in [3.8, 4) is 5.75 Å². The normalized spacial score (nSPS) is 13.0. The molecule has 1 rings (SSSR count). The van der Waals surface area contributed by atoms with Crippen LogP contribution < -0.4 is 15.8 Å². The lowest BCUT2D eigenvalue weighted by atomic mass is 10.3. The van der Waals surface area contributed by atoms with E-state index >= 15 is 0 Å². The van der Waals surface area contributed by atoms with Crippen molar-refractivity contribution >= 4 is 11.9 Å². The number of hydrogen-bond donors (Lipinski definition) is 2. The van der Waals surface area contributed by atoms with Gasteiger partial charge in [-0.05, 0) is 12.1 Å². The minimum Gasteiger partial charge on any atom is -0.409 e. The second kappa shape index (κ2) is 6.60. The molecule has 0 unspecified atom stereocenters. The summed E-state index contributed by atoms with van der Waals surface area (Å²) in [5.41, 5.74) is 4.11. The number of ether oxygens (including phenoxy) is 1. The number of carbonyl (C=O) groups is 1. The van der Waals surface area contributed by atoms with E-state index in [1.54, 1.807) is 18.2 Å². The van der Waals surface area contributed by atoms with Crippen molar-refractivity contribution in [3.05, 3.63) is 42.1 Å². The van der Waals surface area contributed by atoms with E-state index in [4.69, 9.17) is 10.5 Å². The molecule has 0 atom stereocenters. The molecular formula is C12H12F3N3O2. The van der Waals surface area contributed by atoms with E-state index in [0.29, 0.717) is 6.08 Å². The maximum absolute atomic E-state index is 12.4. The molecule has 0 aliphatic carbocycles. The molecule has 1 aromatic rings. The summed E-state index contributed by atoms with van der Waals surface area (Å²) in [6.45, 7) is 0. The number of allylic oxidation sites excluding steroid dienone is 1. The van der Waals surface area contributed by atoms with E-state index in [1.807, 2.05) is 5.32 Å². The SMILES string of the molecule is CN/C(=C\C(N)=N/C(=O)Oc1ccccc1)C(F)(F)F. The quantitative estimate of drug-likeness (QED) is 0.660. The number of amidine groups is 1. The average molecular weight is 287 g/mol. The molecule has 3 N–H and O–H groups in total. The van der Waals surface area contributed by atoms with Crippen molar-refractivity contribution in [1.82, 2.24) is 5.32 Å². The number of nitrogens with zero attached hydrogens (tertiary/aromatic N) is 1. The van der Waals surface area contributed by atoms with Crippen LogP contribution in [0.15, 0.2) is 47.1 Å². The van der Waals surface area contributed by atoms with Crippen molar-refractivity contribution in [1.29, 1.82) is 0 Å². The first-order valence-electron chi connectivity index (χ1n) is 5.40. The minimum atomic E-state index is -4.61. The molecule has 0 aromatic heterocycles. The van der Waals surface area contributed by atoms with Crippen LogP contribution >= 0.6 is 0 Å². The summed E-state index contributed by atoms with van der Waals surface area (Å²) in [6, 6.07) is 7.94. The number of aliphatic imine (C=N–C) groups is 1. The van der Waals surface area contributed by atoms with Gasteiger partial charge in [-0.2, -0.15) is 18.2 Å². The third kappa shape index (κ3) is 5.01. The molecule has 0 aliphatic rings. The van der Waals surface area contributed by atoms with E-state index in [1.165, 1.54) is 12.1 Å². The second-order valence-electron chi connectivity index (χ2n) is 3.52. The van der Waals surface area contributed by atoms with E-state index in [9.17, 15) is 18.0 Å². The lowest BCUT2D eigenvalue weighted by molar-refractivity contribution is -0.0959. The molecule has 20 heavy (non-hydrogen) atoms. The van der Waals surface area contributed by atoms with Crippen LogP contribution in [0.5, 0.6) is 5.75 Å². The monoisotopic (exact) mass is 287 g/mol. The van der Waals surface area contributed by atoms with Crippen LogP contribution in [0, 0.1) is 0 Å². The van der Waals surface area contributed by atoms with E-state index in [-0.39, 0.29) is 5.75 Å². The van der Waals surface area contributed by atoms with Gasteiger partial charge in [0.2, 0.25) is 0 Å². The van der Waals surface area contributed by atoms with Crippen molar-refractivity contribution in [3.63, 3.8) is 0 Å². The Balaban J connectivity index is 2.78. The summed E-state index contributed by atoms with van der Waals surface area (Å²) < 4.78 is 42.0. The Kier molecular flexibility index (Phi) is 5.13. The van der Waals surface area contributed by atoms with Crippen LogP contribution in [0.25, 0.3) is 0 Å². The number of para-hydroxylation sites is 1. The molecular weight excluding hydrogens is 275 g/mol. The topological polar surface area (TPSA) is 76.7 Å². The molecule has 5 nitrogen and oxygen atoms in total. The molecule has 0 saturated carbocycles. The Morgan fingerprint density at radius 3 is 2.45 bits per heavy atom. The van der Waals surface area contributed by atoms with E-state index < -0.39 is 23.8 Å². The summed E-state index contributed by atoms with van der Waals surface area (Å²) in [4.78, 5) is 14.5. The van der Waals surface area contributed by atoms with Crippen molar-refractivity contribution < 1.29 is 22.7 Å². The zero-order chi connectivity index (χ0) is 15.2. The predicted octanol–water partition coefficient (Wildman–Crippen LogP) is 2.21. The lowest BCUT2D eigenvalue weighted by Crippen LogP contribution is -2.26. The number of carbonyl (C=O) groups excluding carboxylic acids is 1. The zero-order valence-electron chi connectivity index (χ0n) is 10.4. The predicted molar refractivity (Wildman–Crippen MR) is 67.3 cm³/mol. The first-order chi connectivity index (χ1) is 9.32. The van der Waals surface area contributed by atoms with Crippen molar-refractivity contribution in [2.75, 3.05) is 7.05 Å². The Labute approximate surface area is 112 Å². The van der Waals surface area contributed by atoms with Gasteiger partial charge in [-0.1, -0.05) is 18.2 Å². The molecule has 0 heterocycles. The third-order valence-corrected chi connectivity index (χ3v) is 2.04. The standard InChI is InChI=1S/C12H12F3N3O2/c1-17-9(12(13,14)15)7-10(16)18-11(19)20-8-5-3-2-4-6-8/h2-7,17H,1H3,(H2,16,18,19)/b9-7-. The number of hydrogen-bond acceptors (Lipinski definition) is 3. The average Bonchev–Trinajstić information content (AvgIpc) is 2.35. The lowest BCUT2D eigenvalue weighted by Gasteiger charge is -2.10. The maximum atomic E-state index is 12.4. The molecule has 0 spiro atoms. The first-order valence-corrected chi connectivity index (χ1v) is 5.40. The Bertz CT molecular complexity index is 524. The molecule has 1 aromatic carbocycles. The number of amides is 1. The van der Waals surface area contributed by atoms with Crippen LogP contribution in [-0.2, 0) is 0 Å². The van der Waals surface area contributed by atoms with Gasteiger partial charge < -0.3 is 15.8 Å². The second-order valence-corrected chi connectivity index (χ2v) is 3.52. The minimum absolute atomic E-state index is 0.211. The number of benzene rings is 1. The third-order valence-electron chi connectivity index (χ3n) is 2.04. The summed E-state index contributed by atoms with van der Waals surface area (Å²) in [7, 11) is 1.08. The van der Waals surface area contributed by atoms with Gasteiger partial charge in [0.25, 0.3) is 0 Å². The fourth-order valence-electron chi connectivity index (χ4n) is 1.19. The summed E-state index contributed by atoms with van der Waals surface area (Å²) in [5.74, 6) is -0.407. The van der Waals surface area contributed by atoms with Crippen LogP contribution in [0.3, 0.4) is 0 Å². The molecule has 8 heteroatoms. The molecule has 0 bridgehead atoms. The molecule has 0 saturated heterocycles. The van der Waals surface area contributed by atoms with Crippen LogP contribution in [0.4, 0.5) is 18.0 Å². The number of halogens is 3. The smallest absolute Gasteiger partial charge is 0.409 e. The molecule has 1 amide bonds. The van der Waals surface area contributed by atoms with Gasteiger partial charge in [0.1, 0.15) is 17.3 Å². The fourth-order valence-corrected chi connectivity index (χ4v) is 1.19. The Morgan fingerprint density at radius 1 is 1.35 bits per heavy atom. The highest BCUT2D eigenvalue weighted by atomic mass is 19.4. The highest BCUT2D eigenvalue weighted by Crippen LogP contribution is 2.22. The number of alkyl halides is 3. The molecule has 0 radical (unpaired) electrons. The van der Waals surface area contributed by atoms with Gasteiger partial charge in [0.15, 0.2) is 0 Å². The van der Waals surface area contributed by atoms with Crippen LogP contribution in [-0.4, -0.2) is 25.2 Å². The molecule has 0 fully saturated rings. The summed E-state index contributed by atoms with van der Waals surface area (Å²) in [5, 5.41) is 1.92. The van der Waals surface area contributed by atoms with Gasteiger partial charge in [-0.3, -0.25) is 0 Å². The number of nitrogens with two attached hydrogens (primary N) is 1. The summed E-state index contributed by atoms with van der Waals surface area (Å²) in [6.07, 6.45) is -5.22. The van der Waals surface area contributed by atoms with E-state index in [0.717, 1.165) is 7.05 Å². The fraction of sp³-hybridized carbons (Fsp3) is 0.167. The molecule has 108 valence electrons. The first kappa shape index (κ1) is 15.5. The Hall–Kier alpha value is -2.51. The van der Waals surface area contributed by atoms with Crippen LogP contribution in [0.2, 0.25) is 0 Å². The van der Waals surface area contributed by atoms with Crippen molar-refractivity contribution in [2.45, 2.75) is 6.18 Å². The van der Waals surface area contributed by atoms with Gasteiger partial charge in [-0.25, -0.2) is 4.79 Å². The van der Waals surface area contributed by atoms with Gasteiger partial charge in [-0.15, -0.1) is 0 Å². The zero-order valence-corrected chi connectivity index (χ0v) is 10.4. The van der Waals surface area contributed by atoms with Gasteiger partial charge >= 0.3 is 12.3 Å². The number of nitrogens with one attached hydrogen (secondary N) is 1. The van der Waals surface area contributed by atoms with Gasteiger partial charge in [0, 0.05) is 13.1 Å². The van der Waals surface area contributed by atoms with E-state index in [2.05, 4.69) is 4.99 Å². The summed E-state index contributed by atoms with van der Waals surface area (Å²) >= 11 is 0. The van der Waals surface area contributed by atoms with Crippen LogP contribution in [0.1, 0.15) is 0 Å². The number of rotatable bonds is 3. The van der Waals surface area contributed by atoms with Crippen molar-refractivity contribution in [2.24, 2.45) is 10.7 Å². The van der Waals surface area contributed by atoms with Gasteiger partial charge in [0.05, 0.1) is 0 Å². The highest BCUT2D eigenvalue weighted by Gasteiger charge is 2.33. The Morgan fingerprint density at radius 2 is 1.95 bits per heavy atom. The maximum Gasteiger partial charge on any atom is 0.441 e. The highest BCUT2D eigenvalue weighted by molar-refractivity contribution is 5.99. The largest absolute Gasteiger partial charge is 0.441 e. The molecule has 0 aliphatic heterocycles.